The van der Waals surface area contributed by atoms with Gasteiger partial charge in [-0.25, -0.2) is 0 Å². The topological polar surface area (TPSA) is 52.1 Å². The standard InChI is InChI=1S/C16H33N5O.HI/c1-3-6-21-7-4-15(14-21)13-19-16(17-2)18-5-8-20-9-11-22-12-10-20;/h15H,3-14H2,1-2H3,(H2,17,18,19);1H. The van der Waals surface area contributed by atoms with E-state index in [2.05, 4.69) is 32.3 Å². The van der Waals surface area contributed by atoms with Gasteiger partial charge in [-0.15, -0.1) is 24.0 Å². The van der Waals surface area contributed by atoms with E-state index >= 15 is 0 Å². The van der Waals surface area contributed by atoms with Gasteiger partial charge < -0.3 is 20.3 Å². The van der Waals surface area contributed by atoms with E-state index in [0.717, 1.165) is 57.8 Å². The van der Waals surface area contributed by atoms with Crippen LogP contribution in [0.15, 0.2) is 4.99 Å². The molecule has 2 N–H and O–H groups in total. The largest absolute Gasteiger partial charge is 0.379 e. The van der Waals surface area contributed by atoms with Crippen molar-refractivity contribution in [2.45, 2.75) is 19.8 Å². The highest BCUT2D eigenvalue weighted by atomic mass is 127. The molecule has 23 heavy (non-hydrogen) atoms. The molecule has 0 aromatic carbocycles. The monoisotopic (exact) mass is 439 g/mol. The van der Waals surface area contributed by atoms with E-state index in [1.807, 2.05) is 7.05 Å². The summed E-state index contributed by atoms with van der Waals surface area (Å²) in [4.78, 5) is 9.33. The van der Waals surface area contributed by atoms with Crippen LogP contribution < -0.4 is 10.6 Å². The van der Waals surface area contributed by atoms with Gasteiger partial charge in [0.05, 0.1) is 13.2 Å². The Morgan fingerprint density at radius 3 is 2.61 bits per heavy atom. The molecule has 0 aromatic heterocycles. The Morgan fingerprint density at radius 2 is 1.91 bits per heavy atom. The van der Waals surface area contributed by atoms with E-state index in [1.54, 1.807) is 0 Å². The zero-order valence-corrected chi connectivity index (χ0v) is 17.1. The molecule has 0 spiro atoms. The van der Waals surface area contributed by atoms with Crippen LogP contribution in [0, 0.1) is 5.92 Å². The quantitative estimate of drug-likeness (QED) is 0.350. The molecular formula is C16H34IN5O. The van der Waals surface area contributed by atoms with Crippen LogP contribution in [0.4, 0.5) is 0 Å². The van der Waals surface area contributed by atoms with Crippen LogP contribution in [0.3, 0.4) is 0 Å². The number of hydrogen-bond acceptors (Lipinski definition) is 4. The number of aliphatic imine (C=N–C) groups is 1. The summed E-state index contributed by atoms with van der Waals surface area (Å²) in [6.45, 7) is 12.8. The van der Waals surface area contributed by atoms with Crippen molar-refractivity contribution in [3.63, 3.8) is 0 Å². The highest BCUT2D eigenvalue weighted by Gasteiger charge is 2.21. The number of guanidine groups is 1. The Balaban J connectivity index is 0.00000264. The SMILES string of the molecule is CCCN1CCC(CNC(=NC)NCCN2CCOCC2)C1.I. The van der Waals surface area contributed by atoms with E-state index in [4.69, 9.17) is 4.74 Å². The molecule has 7 heteroatoms. The molecule has 1 unspecified atom stereocenters. The van der Waals surface area contributed by atoms with Crippen LogP contribution in [0.1, 0.15) is 19.8 Å². The molecule has 2 aliphatic heterocycles. The molecular weight excluding hydrogens is 405 g/mol. The first-order chi connectivity index (χ1) is 10.8. The van der Waals surface area contributed by atoms with Gasteiger partial charge in [0.2, 0.25) is 0 Å². The van der Waals surface area contributed by atoms with Gasteiger partial charge in [0.1, 0.15) is 0 Å². The molecule has 136 valence electrons. The number of nitrogens with one attached hydrogen (secondary N) is 2. The molecule has 2 aliphatic rings. The first-order valence-corrected chi connectivity index (χ1v) is 8.78. The first kappa shape index (κ1) is 20.9. The van der Waals surface area contributed by atoms with Crippen LogP contribution in [0.5, 0.6) is 0 Å². The lowest BCUT2D eigenvalue weighted by Crippen LogP contribution is -2.45. The van der Waals surface area contributed by atoms with Gasteiger partial charge in [-0.05, 0) is 31.8 Å². The van der Waals surface area contributed by atoms with Crippen LogP contribution in [-0.4, -0.2) is 88.4 Å². The smallest absolute Gasteiger partial charge is 0.191 e. The third-order valence-corrected chi connectivity index (χ3v) is 4.52. The van der Waals surface area contributed by atoms with E-state index < -0.39 is 0 Å². The Kier molecular flexibility index (Phi) is 11.2. The lowest BCUT2D eigenvalue weighted by molar-refractivity contribution is 0.0389. The fourth-order valence-electron chi connectivity index (χ4n) is 3.22. The summed E-state index contributed by atoms with van der Waals surface area (Å²) in [6, 6.07) is 0. The maximum absolute atomic E-state index is 5.37. The number of nitrogens with zero attached hydrogens (tertiary/aromatic N) is 3. The van der Waals surface area contributed by atoms with Crippen molar-refractivity contribution in [3.8, 4) is 0 Å². The fraction of sp³-hybridized carbons (Fsp3) is 0.938. The highest BCUT2D eigenvalue weighted by Crippen LogP contribution is 2.15. The molecule has 0 aliphatic carbocycles. The number of halogens is 1. The van der Waals surface area contributed by atoms with Gasteiger partial charge in [-0.1, -0.05) is 6.92 Å². The van der Waals surface area contributed by atoms with Gasteiger partial charge in [-0.2, -0.15) is 0 Å². The summed E-state index contributed by atoms with van der Waals surface area (Å²) in [5.74, 6) is 1.69. The third kappa shape index (κ3) is 8.00. The summed E-state index contributed by atoms with van der Waals surface area (Å²) in [5.41, 5.74) is 0. The maximum Gasteiger partial charge on any atom is 0.191 e. The van der Waals surface area contributed by atoms with Crippen LogP contribution >= 0.6 is 24.0 Å². The predicted octanol–water partition coefficient (Wildman–Crippen LogP) is 0.834. The lowest BCUT2D eigenvalue weighted by Gasteiger charge is -2.26. The third-order valence-electron chi connectivity index (χ3n) is 4.52. The number of hydrogen-bond donors (Lipinski definition) is 2. The minimum absolute atomic E-state index is 0. The van der Waals surface area contributed by atoms with Crippen molar-refractivity contribution >= 4 is 29.9 Å². The maximum atomic E-state index is 5.37. The zero-order chi connectivity index (χ0) is 15.6. The molecule has 0 radical (unpaired) electrons. The summed E-state index contributed by atoms with van der Waals surface area (Å²) < 4.78 is 5.37. The number of rotatable bonds is 7. The fourth-order valence-corrected chi connectivity index (χ4v) is 3.22. The van der Waals surface area contributed by atoms with Crippen molar-refractivity contribution in [1.82, 2.24) is 20.4 Å². The summed E-state index contributed by atoms with van der Waals surface area (Å²) in [6.07, 6.45) is 2.56. The van der Waals surface area contributed by atoms with Crippen molar-refractivity contribution in [2.75, 3.05) is 72.6 Å². The molecule has 1 atom stereocenters. The van der Waals surface area contributed by atoms with Crippen molar-refractivity contribution in [3.05, 3.63) is 0 Å². The minimum Gasteiger partial charge on any atom is -0.379 e. The average molecular weight is 439 g/mol. The zero-order valence-electron chi connectivity index (χ0n) is 14.7. The van der Waals surface area contributed by atoms with Crippen molar-refractivity contribution < 1.29 is 4.74 Å². The van der Waals surface area contributed by atoms with Crippen LogP contribution in [-0.2, 0) is 4.74 Å². The number of morpholine rings is 1. The van der Waals surface area contributed by atoms with E-state index in [0.29, 0.717) is 0 Å². The predicted molar refractivity (Wildman–Crippen MR) is 107 cm³/mol. The highest BCUT2D eigenvalue weighted by molar-refractivity contribution is 14.0. The number of likely N-dealkylation sites (tertiary alicyclic amines) is 1. The Morgan fingerprint density at radius 1 is 1.13 bits per heavy atom. The molecule has 2 fully saturated rings. The van der Waals surface area contributed by atoms with Gasteiger partial charge in [0, 0.05) is 46.3 Å². The van der Waals surface area contributed by atoms with Gasteiger partial charge in [0.15, 0.2) is 5.96 Å². The van der Waals surface area contributed by atoms with Crippen molar-refractivity contribution in [1.29, 1.82) is 0 Å². The van der Waals surface area contributed by atoms with Gasteiger partial charge >= 0.3 is 0 Å². The summed E-state index contributed by atoms with van der Waals surface area (Å²) in [5, 5.41) is 6.90. The van der Waals surface area contributed by atoms with E-state index in [9.17, 15) is 0 Å². The second-order valence-corrected chi connectivity index (χ2v) is 6.29. The molecule has 0 saturated carbocycles. The molecule has 2 heterocycles. The van der Waals surface area contributed by atoms with Crippen LogP contribution in [0.25, 0.3) is 0 Å². The van der Waals surface area contributed by atoms with E-state index in [-0.39, 0.29) is 24.0 Å². The molecule has 2 saturated heterocycles. The van der Waals surface area contributed by atoms with Gasteiger partial charge in [0.25, 0.3) is 0 Å². The second kappa shape index (κ2) is 12.3. The molecule has 0 bridgehead atoms. The molecule has 2 rings (SSSR count). The Bertz CT molecular complexity index is 336. The average Bonchev–Trinajstić information content (AvgIpc) is 3.00. The van der Waals surface area contributed by atoms with E-state index in [1.165, 1.54) is 32.5 Å². The second-order valence-electron chi connectivity index (χ2n) is 6.29. The summed E-state index contributed by atoms with van der Waals surface area (Å²) in [7, 11) is 1.85. The Hall–Kier alpha value is -0.120. The number of ether oxygens (including phenoxy) is 1. The Labute approximate surface area is 158 Å². The molecule has 0 aromatic rings. The molecule has 0 amide bonds. The first-order valence-electron chi connectivity index (χ1n) is 8.78. The van der Waals surface area contributed by atoms with Crippen molar-refractivity contribution in [2.24, 2.45) is 10.9 Å². The van der Waals surface area contributed by atoms with Crippen LogP contribution in [0.2, 0.25) is 0 Å². The normalized spacial score (nSPS) is 23.6. The van der Waals surface area contributed by atoms with Gasteiger partial charge in [-0.3, -0.25) is 9.89 Å². The molecule has 6 nitrogen and oxygen atoms in total. The minimum atomic E-state index is 0. The lowest BCUT2D eigenvalue weighted by atomic mass is 10.1. The summed E-state index contributed by atoms with van der Waals surface area (Å²) >= 11 is 0.